The summed E-state index contributed by atoms with van der Waals surface area (Å²) in [4.78, 5) is 25.7. The number of nitrogens with one attached hydrogen (secondary N) is 1. The maximum Gasteiger partial charge on any atom is 0.325 e. The van der Waals surface area contributed by atoms with E-state index in [1.54, 1.807) is 6.92 Å². The molecule has 0 aliphatic carbocycles. The normalized spacial score (nSPS) is 12.1. The van der Waals surface area contributed by atoms with Gasteiger partial charge < -0.3 is 14.9 Å². The molecule has 0 saturated carbocycles. The quantitative estimate of drug-likeness (QED) is 0.727. The summed E-state index contributed by atoms with van der Waals surface area (Å²) in [5.41, 5.74) is 0. The number of carbonyl (C=O) groups excluding carboxylic acids is 1. The van der Waals surface area contributed by atoms with Crippen LogP contribution in [0.2, 0.25) is 0 Å². The Labute approximate surface area is 91.8 Å². The van der Waals surface area contributed by atoms with Gasteiger partial charge in [0, 0.05) is 12.8 Å². The predicted octanol–water partition coefficient (Wildman–Crippen LogP) is -0.100. The number of aromatic nitrogens is 2. The van der Waals surface area contributed by atoms with E-state index in [-0.39, 0.29) is 12.3 Å². The molecule has 0 aliphatic heterocycles. The molecule has 1 aromatic rings. The number of nitrogens with zero attached hydrogens (tertiary/aromatic N) is 2. The average molecular weight is 227 g/mol. The first-order chi connectivity index (χ1) is 7.49. The second-order valence-electron chi connectivity index (χ2n) is 3.36. The average Bonchev–Trinajstić information content (AvgIpc) is 2.61. The first-order valence-electron chi connectivity index (χ1n) is 4.80. The van der Waals surface area contributed by atoms with E-state index >= 15 is 0 Å². The number of aryl methyl sites for hydroxylation is 2. The number of carboxylic acid groups (broad SMARTS) is 1. The van der Waals surface area contributed by atoms with Gasteiger partial charge in [-0.25, -0.2) is 0 Å². The van der Waals surface area contributed by atoms with Crippen LogP contribution in [0, 0.1) is 6.92 Å². The van der Waals surface area contributed by atoms with Gasteiger partial charge in [0.1, 0.15) is 6.04 Å². The van der Waals surface area contributed by atoms with Crippen LogP contribution in [0.25, 0.3) is 0 Å². The topological polar surface area (TPSA) is 105 Å². The predicted molar refractivity (Wildman–Crippen MR) is 52.6 cm³/mol. The van der Waals surface area contributed by atoms with E-state index in [0.29, 0.717) is 18.1 Å². The van der Waals surface area contributed by atoms with E-state index in [1.807, 2.05) is 0 Å². The highest BCUT2D eigenvalue weighted by atomic mass is 16.5. The first-order valence-corrected chi connectivity index (χ1v) is 4.80. The molecule has 0 radical (unpaired) electrons. The number of rotatable bonds is 5. The molecule has 7 nitrogen and oxygen atoms in total. The molecule has 1 heterocycles. The van der Waals surface area contributed by atoms with Crippen LogP contribution in [0.15, 0.2) is 4.52 Å². The van der Waals surface area contributed by atoms with Gasteiger partial charge in [0.15, 0.2) is 5.82 Å². The molecule has 1 amide bonds. The molecule has 16 heavy (non-hydrogen) atoms. The van der Waals surface area contributed by atoms with Crippen molar-refractivity contribution in [3.63, 3.8) is 0 Å². The molecule has 7 heteroatoms. The van der Waals surface area contributed by atoms with E-state index in [2.05, 4.69) is 15.5 Å². The SMILES string of the molecule is Cc1noc(CCC(=O)N[C@@H](C)C(=O)O)n1. The molecule has 2 N–H and O–H groups in total. The lowest BCUT2D eigenvalue weighted by molar-refractivity contribution is -0.141. The number of carboxylic acids is 1. The summed E-state index contributed by atoms with van der Waals surface area (Å²) in [5, 5.41) is 14.5. The Morgan fingerprint density at radius 1 is 1.56 bits per heavy atom. The van der Waals surface area contributed by atoms with E-state index in [9.17, 15) is 9.59 Å². The summed E-state index contributed by atoms with van der Waals surface area (Å²) in [6, 6.07) is -0.892. The second-order valence-corrected chi connectivity index (χ2v) is 3.36. The largest absolute Gasteiger partial charge is 0.480 e. The molecule has 0 saturated heterocycles. The van der Waals surface area contributed by atoms with E-state index in [1.165, 1.54) is 6.92 Å². The molecule has 0 spiro atoms. The van der Waals surface area contributed by atoms with Crippen molar-refractivity contribution in [3.8, 4) is 0 Å². The summed E-state index contributed by atoms with van der Waals surface area (Å²) in [7, 11) is 0. The maximum atomic E-state index is 11.3. The van der Waals surface area contributed by atoms with Crippen LogP contribution in [-0.4, -0.2) is 33.2 Å². The lowest BCUT2D eigenvalue weighted by atomic mass is 10.2. The molecule has 1 rings (SSSR count). The molecule has 0 bridgehead atoms. The lowest BCUT2D eigenvalue weighted by Gasteiger charge is -2.07. The molecular formula is C9H13N3O4. The Kier molecular flexibility index (Phi) is 3.98. The van der Waals surface area contributed by atoms with Crippen LogP contribution in [0.3, 0.4) is 0 Å². The van der Waals surface area contributed by atoms with Crippen molar-refractivity contribution in [1.29, 1.82) is 0 Å². The van der Waals surface area contributed by atoms with Crippen molar-refractivity contribution in [2.75, 3.05) is 0 Å². The van der Waals surface area contributed by atoms with Crippen LogP contribution in [0.1, 0.15) is 25.1 Å². The Hall–Kier alpha value is -1.92. The van der Waals surface area contributed by atoms with Crippen molar-refractivity contribution in [2.24, 2.45) is 0 Å². The fourth-order valence-corrected chi connectivity index (χ4v) is 1.04. The van der Waals surface area contributed by atoms with E-state index < -0.39 is 12.0 Å². The van der Waals surface area contributed by atoms with Crippen LogP contribution in [0.4, 0.5) is 0 Å². The van der Waals surface area contributed by atoms with Crippen molar-refractivity contribution in [2.45, 2.75) is 32.7 Å². The maximum absolute atomic E-state index is 11.3. The highest BCUT2D eigenvalue weighted by molar-refractivity contribution is 5.83. The lowest BCUT2D eigenvalue weighted by Crippen LogP contribution is -2.38. The number of aliphatic carboxylic acids is 1. The fraction of sp³-hybridized carbons (Fsp3) is 0.556. The molecule has 0 aromatic carbocycles. The van der Waals surface area contributed by atoms with Gasteiger partial charge in [-0.3, -0.25) is 9.59 Å². The smallest absolute Gasteiger partial charge is 0.325 e. The highest BCUT2D eigenvalue weighted by Gasteiger charge is 2.14. The third-order valence-corrected chi connectivity index (χ3v) is 1.88. The molecule has 0 aliphatic rings. The number of hydrogen-bond donors (Lipinski definition) is 2. The highest BCUT2D eigenvalue weighted by Crippen LogP contribution is 2.00. The van der Waals surface area contributed by atoms with Gasteiger partial charge in [-0.2, -0.15) is 4.98 Å². The standard InChI is InChI=1S/C9H13N3O4/c1-5(9(14)15)10-7(13)3-4-8-11-6(2)12-16-8/h5H,3-4H2,1-2H3,(H,10,13)(H,14,15)/t5-/m0/s1. The Morgan fingerprint density at radius 2 is 2.25 bits per heavy atom. The summed E-state index contributed by atoms with van der Waals surface area (Å²) in [6.45, 7) is 3.08. The minimum atomic E-state index is -1.07. The summed E-state index contributed by atoms with van der Waals surface area (Å²) in [6.07, 6.45) is 0.429. The zero-order valence-corrected chi connectivity index (χ0v) is 9.06. The first kappa shape index (κ1) is 12.2. The van der Waals surface area contributed by atoms with Crippen molar-refractivity contribution in [1.82, 2.24) is 15.5 Å². The van der Waals surface area contributed by atoms with Gasteiger partial charge in [-0.15, -0.1) is 0 Å². The minimum absolute atomic E-state index is 0.124. The van der Waals surface area contributed by atoms with Crippen LogP contribution in [-0.2, 0) is 16.0 Å². The summed E-state index contributed by atoms with van der Waals surface area (Å²) < 4.78 is 4.81. The van der Waals surface area contributed by atoms with E-state index in [4.69, 9.17) is 9.63 Å². The molecule has 88 valence electrons. The third kappa shape index (κ3) is 3.68. The molecule has 1 aromatic heterocycles. The Bertz CT molecular complexity index is 388. The molecular weight excluding hydrogens is 214 g/mol. The van der Waals surface area contributed by atoms with Gasteiger partial charge in [-0.05, 0) is 13.8 Å². The van der Waals surface area contributed by atoms with Gasteiger partial charge in [-0.1, -0.05) is 5.16 Å². The van der Waals surface area contributed by atoms with Crippen LogP contribution in [0.5, 0.6) is 0 Å². The van der Waals surface area contributed by atoms with Gasteiger partial charge in [0.2, 0.25) is 11.8 Å². The summed E-state index contributed by atoms with van der Waals surface area (Å²) >= 11 is 0. The number of hydrogen-bond acceptors (Lipinski definition) is 5. The monoisotopic (exact) mass is 227 g/mol. The van der Waals surface area contributed by atoms with Crippen LogP contribution >= 0.6 is 0 Å². The zero-order valence-electron chi connectivity index (χ0n) is 9.06. The molecule has 0 fully saturated rings. The van der Waals surface area contributed by atoms with Crippen LogP contribution < -0.4 is 5.32 Å². The molecule has 0 unspecified atom stereocenters. The number of amides is 1. The van der Waals surface area contributed by atoms with Gasteiger partial charge in [0.05, 0.1) is 0 Å². The summed E-state index contributed by atoms with van der Waals surface area (Å²) in [5.74, 6) is -0.544. The molecule has 1 atom stereocenters. The number of carbonyl (C=O) groups is 2. The van der Waals surface area contributed by atoms with Gasteiger partial charge >= 0.3 is 5.97 Å². The Balaban J connectivity index is 2.33. The zero-order chi connectivity index (χ0) is 12.1. The van der Waals surface area contributed by atoms with Crippen molar-refractivity contribution >= 4 is 11.9 Å². The third-order valence-electron chi connectivity index (χ3n) is 1.88. The van der Waals surface area contributed by atoms with Crippen molar-refractivity contribution < 1.29 is 19.2 Å². The van der Waals surface area contributed by atoms with E-state index in [0.717, 1.165) is 0 Å². The van der Waals surface area contributed by atoms with Crippen molar-refractivity contribution in [3.05, 3.63) is 11.7 Å². The van der Waals surface area contributed by atoms with Gasteiger partial charge in [0.25, 0.3) is 0 Å². The second kappa shape index (κ2) is 5.24. The fourth-order valence-electron chi connectivity index (χ4n) is 1.04. The Morgan fingerprint density at radius 3 is 2.75 bits per heavy atom. The minimum Gasteiger partial charge on any atom is -0.480 e.